The standard InChI is InChI=1S/C15H20N2O2/c1-2-3-4-5-8-16-15(19)12-7-6-11-10-14(18)17-13(11)9-12/h6-7,9H,2-5,8,10H2,1H3,(H,16,19)(H,17,18). The Labute approximate surface area is 113 Å². The molecule has 0 saturated carbocycles. The van der Waals surface area contributed by atoms with E-state index in [0.717, 1.165) is 24.1 Å². The molecule has 102 valence electrons. The van der Waals surface area contributed by atoms with Gasteiger partial charge < -0.3 is 10.6 Å². The Morgan fingerprint density at radius 1 is 1.32 bits per heavy atom. The van der Waals surface area contributed by atoms with Gasteiger partial charge in [-0.2, -0.15) is 0 Å². The number of carbonyl (C=O) groups excluding carboxylic acids is 2. The second kappa shape index (κ2) is 6.36. The van der Waals surface area contributed by atoms with Crippen LogP contribution in [0.3, 0.4) is 0 Å². The predicted molar refractivity (Wildman–Crippen MR) is 75.3 cm³/mol. The highest BCUT2D eigenvalue weighted by atomic mass is 16.2. The molecule has 0 fully saturated rings. The van der Waals surface area contributed by atoms with Crippen LogP contribution >= 0.6 is 0 Å². The van der Waals surface area contributed by atoms with Gasteiger partial charge >= 0.3 is 0 Å². The Hall–Kier alpha value is -1.84. The van der Waals surface area contributed by atoms with Crippen LogP contribution in [-0.4, -0.2) is 18.4 Å². The maximum atomic E-state index is 11.9. The number of benzene rings is 1. The molecule has 1 aromatic rings. The van der Waals surface area contributed by atoms with Gasteiger partial charge in [-0.05, 0) is 24.1 Å². The normalized spacial score (nSPS) is 13.0. The molecule has 0 atom stereocenters. The summed E-state index contributed by atoms with van der Waals surface area (Å²) >= 11 is 0. The van der Waals surface area contributed by atoms with Crippen molar-refractivity contribution in [1.82, 2.24) is 5.32 Å². The summed E-state index contributed by atoms with van der Waals surface area (Å²) in [6.07, 6.45) is 4.98. The minimum atomic E-state index is -0.0690. The first-order chi connectivity index (χ1) is 9.20. The van der Waals surface area contributed by atoms with Crippen LogP contribution in [0.5, 0.6) is 0 Å². The zero-order chi connectivity index (χ0) is 13.7. The van der Waals surface area contributed by atoms with Crippen molar-refractivity contribution in [2.45, 2.75) is 39.0 Å². The van der Waals surface area contributed by atoms with Crippen LogP contribution in [0, 0.1) is 0 Å². The highest BCUT2D eigenvalue weighted by Crippen LogP contribution is 2.23. The molecule has 0 saturated heterocycles. The van der Waals surface area contributed by atoms with Crippen molar-refractivity contribution in [2.75, 3.05) is 11.9 Å². The smallest absolute Gasteiger partial charge is 0.251 e. The van der Waals surface area contributed by atoms with Crippen molar-refractivity contribution < 1.29 is 9.59 Å². The lowest BCUT2D eigenvalue weighted by Gasteiger charge is -2.06. The molecule has 2 amide bonds. The first-order valence-corrected chi connectivity index (χ1v) is 6.91. The van der Waals surface area contributed by atoms with Gasteiger partial charge in [0.15, 0.2) is 0 Å². The highest BCUT2D eigenvalue weighted by Gasteiger charge is 2.18. The number of anilines is 1. The van der Waals surface area contributed by atoms with E-state index in [1.54, 1.807) is 12.1 Å². The lowest BCUT2D eigenvalue weighted by atomic mass is 10.1. The summed E-state index contributed by atoms with van der Waals surface area (Å²) in [6.45, 7) is 2.87. The molecule has 0 bridgehead atoms. The fourth-order valence-corrected chi connectivity index (χ4v) is 2.21. The molecule has 0 spiro atoms. The zero-order valence-corrected chi connectivity index (χ0v) is 11.3. The molecule has 0 radical (unpaired) electrons. The van der Waals surface area contributed by atoms with Gasteiger partial charge in [-0.1, -0.05) is 32.3 Å². The van der Waals surface area contributed by atoms with Crippen LogP contribution in [-0.2, 0) is 11.2 Å². The third-order valence-corrected chi connectivity index (χ3v) is 3.31. The van der Waals surface area contributed by atoms with Crippen molar-refractivity contribution >= 4 is 17.5 Å². The molecular weight excluding hydrogens is 240 g/mol. The quantitative estimate of drug-likeness (QED) is 0.772. The minimum absolute atomic E-state index is 0.00729. The summed E-state index contributed by atoms with van der Waals surface area (Å²) in [4.78, 5) is 23.2. The Morgan fingerprint density at radius 2 is 2.16 bits per heavy atom. The molecule has 1 aliphatic heterocycles. The fourth-order valence-electron chi connectivity index (χ4n) is 2.21. The lowest BCUT2D eigenvalue weighted by Crippen LogP contribution is -2.24. The second-order valence-corrected chi connectivity index (χ2v) is 4.91. The van der Waals surface area contributed by atoms with Gasteiger partial charge in [0.05, 0.1) is 6.42 Å². The van der Waals surface area contributed by atoms with Crippen LogP contribution in [0.4, 0.5) is 5.69 Å². The van der Waals surface area contributed by atoms with Crippen molar-refractivity contribution in [1.29, 1.82) is 0 Å². The van der Waals surface area contributed by atoms with E-state index in [1.165, 1.54) is 12.8 Å². The minimum Gasteiger partial charge on any atom is -0.352 e. The van der Waals surface area contributed by atoms with Crippen molar-refractivity contribution in [3.8, 4) is 0 Å². The monoisotopic (exact) mass is 260 g/mol. The molecule has 4 nitrogen and oxygen atoms in total. The van der Waals surface area contributed by atoms with Crippen molar-refractivity contribution in [2.24, 2.45) is 0 Å². The molecule has 19 heavy (non-hydrogen) atoms. The number of unbranched alkanes of at least 4 members (excludes halogenated alkanes) is 3. The van der Waals surface area contributed by atoms with Crippen molar-refractivity contribution in [3.63, 3.8) is 0 Å². The molecule has 0 unspecified atom stereocenters. The Bertz CT molecular complexity index is 483. The van der Waals surface area contributed by atoms with E-state index in [4.69, 9.17) is 0 Å². The molecule has 1 heterocycles. The molecule has 0 aliphatic carbocycles. The Kier molecular flexibility index (Phi) is 4.55. The third kappa shape index (κ3) is 3.56. The third-order valence-electron chi connectivity index (χ3n) is 3.31. The van der Waals surface area contributed by atoms with Crippen molar-refractivity contribution in [3.05, 3.63) is 29.3 Å². The largest absolute Gasteiger partial charge is 0.352 e. The first-order valence-electron chi connectivity index (χ1n) is 6.91. The average Bonchev–Trinajstić information content (AvgIpc) is 2.77. The molecule has 4 heteroatoms. The molecule has 2 rings (SSSR count). The first kappa shape index (κ1) is 13.6. The fraction of sp³-hybridized carbons (Fsp3) is 0.467. The Balaban J connectivity index is 1.86. The number of carbonyl (C=O) groups is 2. The van der Waals surface area contributed by atoms with E-state index in [0.29, 0.717) is 18.5 Å². The lowest BCUT2D eigenvalue weighted by molar-refractivity contribution is -0.115. The molecule has 1 aromatic carbocycles. The van der Waals surface area contributed by atoms with Crippen LogP contribution in [0.25, 0.3) is 0 Å². The number of hydrogen-bond donors (Lipinski definition) is 2. The van der Waals surface area contributed by atoms with Crippen LogP contribution in [0.15, 0.2) is 18.2 Å². The summed E-state index contributed by atoms with van der Waals surface area (Å²) < 4.78 is 0. The van der Waals surface area contributed by atoms with E-state index in [2.05, 4.69) is 17.6 Å². The summed E-state index contributed by atoms with van der Waals surface area (Å²) in [7, 11) is 0. The van der Waals surface area contributed by atoms with E-state index in [1.807, 2.05) is 6.07 Å². The van der Waals surface area contributed by atoms with Crippen LogP contribution in [0.1, 0.15) is 48.5 Å². The Morgan fingerprint density at radius 3 is 2.95 bits per heavy atom. The van der Waals surface area contributed by atoms with Crippen LogP contribution in [0.2, 0.25) is 0 Å². The van der Waals surface area contributed by atoms with Gasteiger partial charge in [0.2, 0.25) is 5.91 Å². The van der Waals surface area contributed by atoms with Gasteiger partial charge in [-0.25, -0.2) is 0 Å². The second-order valence-electron chi connectivity index (χ2n) is 4.91. The van der Waals surface area contributed by atoms with E-state index in [-0.39, 0.29) is 11.8 Å². The maximum Gasteiger partial charge on any atom is 0.251 e. The zero-order valence-electron chi connectivity index (χ0n) is 11.3. The van der Waals surface area contributed by atoms with E-state index >= 15 is 0 Å². The van der Waals surface area contributed by atoms with Crippen LogP contribution < -0.4 is 10.6 Å². The topological polar surface area (TPSA) is 58.2 Å². The molecule has 1 aliphatic rings. The van der Waals surface area contributed by atoms with Gasteiger partial charge in [0.25, 0.3) is 5.91 Å². The maximum absolute atomic E-state index is 11.9. The highest BCUT2D eigenvalue weighted by molar-refractivity contribution is 6.02. The summed E-state index contributed by atoms with van der Waals surface area (Å²) in [5, 5.41) is 5.67. The molecule has 0 aromatic heterocycles. The van der Waals surface area contributed by atoms with Gasteiger partial charge in [-0.15, -0.1) is 0 Å². The van der Waals surface area contributed by atoms with E-state index < -0.39 is 0 Å². The average molecular weight is 260 g/mol. The predicted octanol–water partition coefficient (Wildman–Crippen LogP) is 2.49. The van der Waals surface area contributed by atoms with E-state index in [9.17, 15) is 9.59 Å². The summed E-state index contributed by atoms with van der Waals surface area (Å²) in [5.74, 6) is -0.0763. The number of hydrogen-bond acceptors (Lipinski definition) is 2. The number of rotatable bonds is 6. The van der Waals surface area contributed by atoms with Gasteiger partial charge in [0, 0.05) is 17.8 Å². The summed E-state index contributed by atoms with van der Waals surface area (Å²) in [6, 6.07) is 5.38. The number of fused-ring (bicyclic) bond motifs is 1. The van der Waals surface area contributed by atoms with Gasteiger partial charge in [-0.3, -0.25) is 9.59 Å². The molecular formula is C15H20N2O2. The SMILES string of the molecule is CCCCCCNC(=O)c1ccc2c(c1)NC(=O)C2. The number of nitrogens with one attached hydrogen (secondary N) is 2. The summed E-state index contributed by atoms with van der Waals surface area (Å²) in [5.41, 5.74) is 2.34. The van der Waals surface area contributed by atoms with Gasteiger partial charge in [0.1, 0.15) is 0 Å². The number of amides is 2. The molecule has 2 N–H and O–H groups in total.